The number of hydrogen-bond acceptors (Lipinski definition) is 3. The van der Waals surface area contributed by atoms with Gasteiger partial charge in [0.25, 0.3) is 0 Å². The Labute approximate surface area is 123 Å². The number of aliphatic hydroxyl groups is 1. The minimum atomic E-state index is -1.23. The van der Waals surface area contributed by atoms with E-state index in [2.05, 4.69) is 0 Å². The molecule has 0 radical (unpaired) electrons. The number of alkyl halides is 1. The van der Waals surface area contributed by atoms with Crippen molar-refractivity contribution in [3.63, 3.8) is 0 Å². The second kappa shape index (κ2) is 7.38. The van der Waals surface area contributed by atoms with Crippen LogP contribution in [0.25, 0.3) is 0 Å². The molecule has 2 N–H and O–H groups in total. The fourth-order valence-corrected chi connectivity index (χ4v) is 2.76. The zero-order valence-corrected chi connectivity index (χ0v) is 11.9. The normalized spacial score (nSPS) is 23.0. The van der Waals surface area contributed by atoms with E-state index in [1.807, 2.05) is 35.2 Å². The van der Waals surface area contributed by atoms with Gasteiger partial charge in [0.1, 0.15) is 6.17 Å². The van der Waals surface area contributed by atoms with Crippen molar-refractivity contribution in [2.45, 2.75) is 25.2 Å². The van der Waals surface area contributed by atoms with E-state index in [0.717, 1.165) is 5.56 Å². The van der Waals surface area contributed by atoms with Gasteiger partial charge in [-0.15, -0.1) is 0 Å². The number of amides is 1. The second-order valence-electron chi connectivity index (χ2n) is 5.29. The third-order valence-electron chi connectivity index (χ3n) is 3.85. The number of halogens is 1. The number of hydrogen-bond donors (Lipinski definition) is 2. The van der Waals surface area contributed by atoms with Gasteiger partial charge in [0.05, 0.1) is 12.6 Å². The molecule has 116 valence electrons. The fourth-order valence-electron chi connectivity index (χ4n) is 2.76. The van der Waals surface area contributed by atoms with Crippen molar-refractivity contribution in [2.24, 2.45) is 0 Å². The lowest BCUT2D eigenvalue weighted by Gasteiger charge is -2.39. The van der Waals surface area contributed by atoms with Crippen LogP contribution >= 0.6 is 0 Å². The molecule has 21 heavy (non-hydrogen) atoms. The van der Waals surface area contributed by atoms with Crippen molar-refractivity contribution in [3.8, 4) is 0 Å². The highest BCUT2D eigenvalue weighted by atomic mass is 19.1. The van der Waals surface area contributed by atoms with Crippen LogP contribution in [-0.2, 0) is 6.54 Å². The quantitative estimate of drug-likeness (QED) is 0.866. The lowest BCUT2D eigenvalue weighted by molar-refractivity contribution is 0.0273. The lowest BCUT2D eigenvalue weighted by atomic mass is 10.0. The van der Waals surface area contributed by atoms with Crippen molar-refractivity contribution >= 4 is 6.09 Å². The van der Waals surface area contributed by atoms with E-state index >= 15 is 0 Å². The summed E-state index contributed by atoms with van der Waals surface area (Å²) in [5.74, 6) is 0. The minimum absolute atomic E-state index is 0.00987. The van der Waals surface area contributed by atoms with Crippen molar-refractivity contribution in [3.05, 3.63) is 35.9 Å². The van der Waals surface area contributed by atoms with E-state index in [-0.39, 0.29) is 19.7 Å². The summed E-state index contributed by atoms with van der Waals surface area (Å²) in [6, 6.07) is 8.59. The first-order valence-electron chi connectivity index (χ1n) is 7.12. The monoisotopic (exact) mass is 296 g/mol. The van der Waals surface area contributed by atoms with E-state index in [1.54, 1.807) is 0 Å². The predicted molar refractivity (Wildman–Crippen MR) is 76.8 cm³/mol. The number of aliphatic hydroxyl groups excluding tert-OH is 1. The topological polar surface area (TPSA) is 64.0 Å². The van der Waals surface area contributed by atoms with Crippen LogP contribution in [-0.4, -0.2) is 64.6 Å². The van der Waals surface area contributed by atoms with Crippen LogP contribution in [0.1, 0.15) is 12.0 Å². The van der Waals surface area contributed by atoms with E-state index in [0.29, 0.717) is 19.5 Å². The Morgan fingerprint density at radius 1 is 1.38 bits per heavy atom. The second-order valence-corrected chi connectivity index (χ2v) is 5.29. The number of benzene rings is 1. The summed E-state index contributed by atoms with van der Waals surface area (Å²) < 4.78 is 14.3. The summed E-state index contributed by atoms with van der Waals surface area (Å²) in [5.41, 5.74) is 0.852. The molecule has 5 nitrogen and oxygen atoms in total. The van der Waals surface area contributed by atoms with Gasteiger partial charge in [0.2, 0.25) is 0 Å². The molecule has 1 aromatic rings. The Morgan fingerprint density at radius 2 is 2.10 bits per heavy atom. The number of rotatable bonds is 5. The molecule has 0 bridgehead atoms. The maximum Gasteiger partial charge on any atom is 0.407 e. The van der Waals surface area contributed by atoms with E-state index in [9.17, 15) is 14.3 Å². The van der Waals surface area contributed by atoms with Crippen LogP contribution in [0.3, 0.4) is 0 Å². The average molecular weight is 296 g/mol. The molecule has 0 spiro atoms. The molecule has 0 aromatic heterocycles. The summed E-state index contributed by atoms with van der Waals surface area (Å²) >= 11 is 0. The van der Waals surface area contributed by atoms with Gasteiger partial charge in [0.15, 0.2) is 0 Å². The highest BCUT2D eigenvalue weighted by Crippen LogP contribution is 2.22. The van der Waals surface area contributed by atoms with E-state index < -0.39 is 18.3 Å². The Kier molecular flexibility index (Phi) is 5.52. The number of piperidine rings is 1. The minimum Gasteiger partial charge on any atom is -0.465 e. The maximum absolute atomic E-state index is 14.3. The summed E-state index contributed by atoms with van der Waals surface area (Å²) in [6.07, 6.45) is -1.88. The smallest absolute Gasteiger partial charge is 0.407 e. The molecule has 2 rings (SSSR count). The number of nitrogens with zero attached hydrogens (tertiary/aromatic N) is 2. The van der Waals surface area contributed by atoms with Crippen molar-refractivity contribution < 1.29 is 19.4 Å². The SMILES string of the molecule is O=C(O)N(Cc1ccccc1)C1CCN(CCO)CC1F. The first-order chi connectivity index (χ1) is 10.1. The van der Waals surface area contributed by atoms with Gasteiger partial charge in [-0.25, -0.2) is 9.18 Å². The molecule has 1 aliphatic heterocycles. The number of β-amino-alcohol motifs (C(OH)–C–C–N with tert-alkyl or cyclic N) is 1. The summed E-state index contributed by atoms with van der Waals surface area (Å²) in [7, 11) is 0. The van der Waals surface area contributed by atoms with Crippen LogP contribution < -0.4 is 0 Å². The largest absolute Gasteiger partial charge is 0.465 e. The van der Waals surface area contributed by atoms with Gasteiger partial charge in [-0.3, -0.25) is 9.80 Å². The molecule has 0 saturated carbocycles. The van der Waals surface area contributed by atoms with Crippen molar-refractivity contribution in [1.82, 2.24) is 9.80 Å². The van der Waals surface area contributed by atoms with E-state index in [4.69, 9.17) is 5.11 Å². The van der Waals surface area contributed by atoms with Crippen LogP contribution in [0.5, 0.6) is 0 Å². The molecular formula is C15H21FN2O3. The third kappa shape index (κ3) is 4.15. The Balaban J connectivity index is 2.03. The molecule has 2 unspecified atom stereocenters. The molecule has 2 atom stereocenters. The first-order valence-corrected chi connectivity index (χ1v) is 7.12. The summed E-state index contributed by atoms with van der Waals surface area (Å²) in [5, 5.41) is 18.3. The number of carboxylic acid groups (broad SMARTS) is 1. The van der Waals surface area contributed by atoms with Gasteiger partial charge in [-0.2, -0.15) is 0 Å². The van der Waals surface area contributed by atoms with E-state index in [1.165, 1.54) is 4.90 Å². The van der Waals surface area contributed by atoms with Crippen molar-refractivity contribution in [2.75, 3.05) is 26.2 Å². The number of likely N-dealkylation sites (tertiary alicyclic amines) is 1. The van der Waals surface area contributed by atoms with Crippen LogP contribution in [0.15, 0.2) is 30.3 Å². The highest BCUT2D eigenvalue weighted by Gasteiger charge is 2.35. The van der Waals surface area contributed by atoms with Gasteiger partial charge in [-0.1, -0.05) is 30.3 Å². The van der Waals surface area contributed by atoms with Gasteiger partial charge >= 0.3 is 6.09 Å². The van der Waals surface area contributed by atoms with Crippen LogP contribution in [0.2, 0.25) is 0 Å². The lowest BCUT2D eigenvalue weighted by Crippen LogP contribution is -2.54. The first kappa shape index (κ1) is 15.7. The fraction of sp³-hybridized carbons (Fsp3) is 0.533. The molecule has 1 aromatic carbocycles. The molecule has 1 fully saturated rings. The summed E-state index contributed by atoms with van der Waals surface area (Å²) in [4.78, 5) is 14.5. The van der Waals surface area contributed by atoms with Crippen LogP contribution in [0.4, 0.5) is 9.18 Å². The van der Waals surface area contributed by atoms with Gasteiger partial charge < -0.3 is 10.2 Å². The predicted octanol–water partition coefficient (Wildman–Crippen LogP) is 1.57. The standard InChI is InChI=1S/C15H21FN2O3/c16-13-11-17(8-9-19)7-6-14(13)18(15(20)21)10-12-4-2-1-3-5-12/h1-5,13-14,19H,6-11H2,(H,20,21). The zero-order valence-electron chi connectivity index (χ0n) is 11.9. The number of carbonyl (C=O) groups is 1. The summed E-state index contributed by atoms with van der Waals surface area (Å²) in [6.45, 7) is 1.39. The van der Waals surface area contributed by atoms with Gasteiger partial charge in [0, 0.05) is 26.2 Å². The van der Waals surface area contributed by atoms with Crippen molar-refractivity contribution in [1.29, 1.82) is 0 Å². The molecular weight excluding hydrogens is 275 g/mol. The molecule has 0 aliphatic carbocycles. The van der Waals surface area contributed by atoms with Gasteiger partial charge in [-0.05, 0) is 12.0 Å². The molecule has 6 heteroatoms. The zero-order chi connectivity index (χ0) is 15.2. The van der Waals surface area contributed by atoms with Crippen LogP contribution in [0, 0.1) is 0 Å². The Bertz CT molecular complexity index is 457. The molecule has 1 amide bonds. The highest BCUT2D eigenvalue weighted by molar-refractivity contribution is 5.65. The molecule has 1 saturated heterocycles. The Morgan fingerprint density at radius 3 is 2.67 bits per heavy atom. The molecule has 1 heterocycles. The third-order valence-corrected chi connectivity index (χ3v) is 3.85. The average Bonchev–Trinajstić information content (AvgIpc) is 2.47. The maximum atomic E-state index is 14.3. The Hall–Kier alpha value is -1.66. The molecule has 1 aliphatic rings.